The molecule has 0 saturated heterocycles. The summed E-state index contributed by atoms with van der Waals surface area (Å²) in [5.74, 6) is -0.0668. The molecule has 30 heavy (non-hydrogen) atoms. The predicted octanol–water partition coefficient (Wildman–Crippen LogP) is 4.08. The highest BCUT2D eigenvalue weighted by atomic mass is 16.5. The molecule has 0 bridgehead atoms. The van der Waals surface area contributed by atoms with Gasteiger partial charge >= 0.3 is 5.97 Å². The molecule has 0 unspecified atom stereocenters. The predicted molar refractivity (Wildman–Crippen MR) is 118 cm³/mol. The fraction of sp³-hybridized carbons (Fsp3) is 0.417. The number of carbonyl (C=O) groups excluding carboxylic acids is 2. The first kappa shape index (κ1) is 23.4. The van der Waals surface area contributed by atoms with E-state index in [0.29, 0.717) is 35.7 Å². The van der Waals surface area contributed by atoms with Crippen LogP contribution < -0.4 is 15.8 Å². The number of unbranched alkanes of at least 4 members (excludes halogenated alkanes) is 5. The molecule has 2 rings (SSSR count). The summed E-state index contributed by atoms with van der Waals surface area (Å²) in [6.45, 7) is 3.62. The summed E-state index contributed by atoms with van der Waals surface area (Å²) in [6, 6.07) is 13.8. The molecule has 2 aromatic rings. The number of anilines is 1. The van der Waals surface area contributed by atoms with Gasteiger partial charge in [-0.2, -0.15) is 0 Å². The molecule has 6 heteroatoms. The molecule has 162 valence electrons. The molecule has 0 aliphatic rings. The minimum Gasteiger partial charge on any atom is -0.493 e. The first-order valence-electron chi connectivity index (χ1n) is 10.7. The molecule has 4 N–H and O–H groups in total. The highest BCUT2D eigenvalue weighted by Crippen LogP contribution is 2.21. The van der Waals surface area contributed by atoms with Gasteiger partial charge in [0.25, 0.3) is 5.91 Å². The Balaban J connectivity index is 1.88. The quantitative estimate of drug-likeness (QED) is 0.382. The van der Waals surface area contributed by atoms with Crippen molar-refractivity contribution in [2.24, 2.45) is 0 Å². The van der Waals surface area contributed by atoms with Gasteiger partial charge in [0.05, 0.1) is 17.7 Å². The van der Waals surface area contributed by atoms with Crippen molar-refractivity contribution in [1.82, 2.24) is 0 Å². The molecule has 0 radical (unpaired) electrons. The molecule has 6 nitrogen and oxygen atoms in total. The first-order chi connectivity index (χ1) is 14.7. The average Bonchev–Trinajstić information content (AvgIpc) is 2.77. The van der Waals surface area contributed by atoms with Crippen LogP contribution in [0.4, 0.5) is 5.69 Å². The molecule has 0 fully saturated rings. The molecule has 0 heterocycles. The lowest BCUT2D eigenvalue weighted by atomic mass is 10.1. The number of rotatable bonds is 13. The normalized spacial score (nSPS) is 10.5. The zero-order valence-corrected chi connectivity index (χ0v) is 17.8. The van der Waals surface area contributed by atoms with Crippen molar-refractivity contribution in [3.8, 4) is 5.75 Å². The largest absolute Gasteiger partial charge is 0.493 e. The molecule has 2 aromatic carbocycles. The Morgan fingerprint density at radius 2 is 1.60 bits per heavy atom. The van der Waals surface area contributed by atoms with E-state index in [-0.39, 0.29) is 12.5 Å². The van der Waals surface area contributed by atoms with Gasteiger partial charge in [0.1, 0.15) is 18.9 Å². The van der Waals surface area contributed by atoms with Crippen LogP contribution in [-0.4, -0.2) is 31.6 Å². The van der Waals surface area contributed by atoms with E-state index in [4.69, 9.17) is 9.47 Å². The van der Waals surface area contributed by atoms with E-state index >= 15 is 0 Å². The van der Waals surface area contributed by atoms with E-state index in [0.717, 1.165) is 12.8 Å². The summed E-state index contributed by atoms with van der Waals surface area (Å²) >= 11 is 0. The number of hydrogen-bond donors (Lipinski definition) is 2. The highest BCUT2D eigenvalue weighted by Gasteiger charge is 2.13. The number of benzene rings is 2. The molecule has 0 aromatic heterocycles. The SMILES string of the molecule is CCCCCCCCOc1ccccc1C(=O)Nc1ccc(C(=O)OCC[NH3+])cc1. The van der Waals surface area contributed by atoms with Gasteiger partial charge < -0.3 is 20.5 Å². The smallest absolute Gasteiger partial charge is 0.338 e. The van der Waals surface area contributed by atoms with Gasteiger partial charge in [0.2, 0.25) is 0 Å². The number of ether oxygens (including phenoxy) is 2. The highest BCUT2D eigenvalue weighted by molar-refractivity contribution is 6.06. The third-order valence-electron chi connectivity index (χ3n) is 4.64. The molecule has 0 atom stereocenters. The molecular formula is C24H33N2O4+. The fourth-order valence-corrected chi connectivity index (χ4v) is 2.98. The van der Waals surface area contributed by atoms with Gasteiger partial charge in [-0.05, 0) is 42.8 Å². The lowest BCUT2D eigenvalue weighted by Crippen LogP contribution is -2.52. The Kier molecular flexibility index (Phi) is 10.4. The molecule has 1 amide bonds. The van der Waals surface area contributed by atoms with E-state index in [2.05, 4.69) is 18.0 Å². The molecule has 0 spiro atoms. The van der Waals surface area contributed by atoms with Gasteiger partial charge in [-0.15, -0.1) is 0 Å². The molecular weight excluding hydrogens is 380 g/mol. The number of amides is 1. The van der Waals surface area contributed by atoms with Crippen LogP contribution in [0.3, 0.4) is 0 Å². The second-order valence-corrected chi connectivity index (χ2v) is 7.13. The Morgan fingerprint density at radius 3 is 2.33 bits per heavy atom. The summed E-state index contributed by atoms with van der Waals surface area (Å²) in [5, 5.41) is 2.85. The number of carbonyl (C=O) groups is 2. The van der Waals surface area contributed by atoms with Crippen LogP contribution in [0.5, 0.6) is 5.75 Å². The maximum absolute atomic E-state index is 12.7. The summed E-state index contributed by atoms with van der Waals surface area (Å²) in [5.41, 5.74) is 5.16. The standard InChI is InChI=1S/C24H32N2O4/c1-2-3-4-5-6-9-17-29-22-11-8-7-10-21(22)23(27)26-20-14-12-19(13-15-20)24(28)30-18-16-25/h7-8,10-15H,2-6,9,16-18,25H2,1H3,(H,26,27)/p+1. The van der Waals surface area contributed by atoms with Crippen LogP contribution in [0.15, 0.2) is 48.5 Å². The average molecular weight is 414 g/mol. The van der Waals surface area contributed by atoms with Crippen LogP contribution in [0.25, 0.3) is 0 Å². The van der Waals surface area contributed by atoms with Crippen molar-refractivity contribution >= 4 is 17.6 Å². The minimum absolute atomic E-state index is 0.249. The number of para-hydroxylation sites is 1. The Bertz CT molecular complexity index is 790. The molecule has 0 aliphatic carbocycles. The Hall–Kier alpha value is -2.86. The van der Waals surface area contributed by atoms with Gasteiger partial charge in [0.15, 0.2) is 0 Å². The lowest BCUT2D eigenvalue weighted by Gasteiger charge is -2.12. The van der Waals surface area contributed by atoms with Gasteiger partial charge in [-0.3, -0.25) is 4.79 Å². The van der Waals surface area contributed by atoms with Crippen LogP contribution in [0, 0.1) is 0 Å². The zero-order valence-electron chi connectivity index (χ0n) is 17.8. The van der Waals surface area contributed by atoms with E-state index in [1.165, 1.54) is 25.7 Å². The second kappa shape index (κ2) is 13.4. The van der Waals surface area contributed by atoms with Crippen molar-refractivity contribution in [2.75, 3.05) is 25.1 Å². The van der Waals surface area contributed by atoms with Crippen LogP contribution in [-0.2, 0) is 4.74 Å². The summed E-state index contributed by atoms with van der Waals surface area (Å²) < 4.78 is 10.9. The maximum atomic E-state index is 12.7. The van der Waals surface area contributed by atoms with Crippen LogP contribution >= 0.6 is 0 Å². The summed E-state index contributed by atoms with van der Waals surface area (Å²) in [4.78, 5) is 24.6. The second-order valence-electron chi connectivity index (χ2n) is 7.13. The zero-order chi connectivity index (χ0) is 21.6. The van der Waals surface area contributed by atoms with Gasteiger partial charge in [-0.25, -0.2) is 4.79 Å². The van der Waals surface area contributed by atoms with Crippen molar-refractivity contribution in [3.63, 3.8) is 0 Å². The minimum atomic E-state index is -0.398. The van der Waals surface area contributed by atoms with Crippen molar-refractivity contribution in [3.05, 3.63) is 59.7 Å². The number of quaternary nitrogens is 1. The van der Waals surface area contributed by atoms with E-state index < -0.39 is 5.97 Å². The monoisotopic (exact) mass is 413 g/mol. The Morgan fingerprint density at radius 1 is 0.900 bits per heavy atom. The summed E-state index contributed by atoms with van der Waals surface area (Å²) in [7, 11) is 0. The Labute approximate surface area is 178 Å². The lowest BCUT2D eigenvalue weighted by molar-refractivity contribution is -0.371. The maximum Gasteiger partial charge on any atom is 0.338 e. The van der Waals surface area contributed by atoms with Crippen LogP contribution in [0.1, 0.15) is 66.2 Å². The summed E-state index contributed by atoms with van der Waals surface area (Å²) in [6.07, 6.45) is 7.12. The number of nitrogens with one attached hydrogen (secondary N) is 1. The van der Waals surface area contributed by atoms with Crippen molar-refractivity contribution < 1.29 is 24.8 Å². The number of hydrogen-bond acceptors (Lipinski definition) is 4. The third-order valence-corrected chi connectivity index (χ3v) is 4.64. The van der Waals surface area contributed by atoms with Gasteiger partial charge in [0, 0.05) is 5.69 Å². The first-order valence-corrected chi connectivity index (χ1v) is 10.7. The third kappa shape index (κ3) is 7.87. The molecule has 0 saturated carbocycles. The topological polar surface area (TPSA) is 92.3 Å². The molecule has 0 aliphatic heterocycles. The van der Waals surface area contributed by atoms with Crippen LogP contribution in [0.2, 0.25) is 0 Å². The fourth-order valence-electron chi connectivity index (χ4n) is 2.98. The van der Waals surface area contributed by atoms with E-state index in [9.17, 15) is 9.59 Å². The van der Waals surface area contributed by atoms with Crippen molar-refractivity contribution in [2.45, 2.75) is 45.4 Å². The van der Waals surface area contributed by atoms with E-state index in [1.54, 1.807) is 30.3 Å². The van der Waals surface area contributed by atoms with E-state index in [1.807, 2.05) is 18.2 Å². The van der Waals surface area contributed by atoms with Crippen molar-refractivity contribution in [1.29, 1.82) is 0 Å². The van der Waals surface area contributed by atoms with Gasteiger partial charge in [-0.1, -0.05) is 51.2 Å². The number of esters is 1.